The summed E-state index contributed by atoms with van der Waals surface area (Å²) in [6, 6.07) is 1.93. The van der Waals surface area contributed by atoms with Gasteiger partial charge in [-0.15, -0.1) is 0 Å². The molecule has 1 unspecified atom stereocenters. The summed E-state index contributed by atoms with van der Waals surface area (Å²) in [6.07, 6.45) is 6.40. The highest BCUT2D eigenvalue weighted by Gasteiger charge is 2.15. The Balaban J connectivity index is 1.87. The average Bonchev–Trinajstić information content (AvgIpc) is 2.65. The fourth-order valence-electron chi connectivity index (χ4n) is 1.80. The van der Waals surface area contributed by atoms with Gasteiger partial charge in [-0.05, 0) is 25.5 Å². The number of amides is 1. The first-order valence-corrected chi connectivity index (χ1v) is 5.40. The van der Waals surface area contributed by atoms with Gasteiger partial charge in [0.2, 0.25) is 0 Å². The molecule has 0 saturated carbocycles. The van der Waals surface area contributed by atoms with Crippen molar-refractivity contribution in [2.24, 2.45) is 0 Å². The van der Waals surface area contributed by atoms with E-state index in [1.807, 2.05) is 0 Å². The van der Waals surface area contributed by atoms with Crippen LogP contribution in [0.2, 0.25) is 0 Å². The van der Waals surface area contributed by atoms with E-state index in [0.29, 0.717) is 5.56 Å². The number of hydrogen-bond acceptors (Lipinski definition) is 3. The second-order valence-electron chi connectivity index (χ2n) is 3.88. The number of furan rings is 1. The number of rotatable bonds is 2. The Morgan fingerprint density at radius 1 is 1.53 bits per heavy atom. The first-order chi connectivity index (χ1) is 7.36. The number of hydrogen-bond donors (Lipinski definition) is 2. The van der Waals surface area contributed by atoms with Crippen LogP contribution in [0.1, 0.15) is 29.6 Å². The molecule has 1 aliphatic rings. The lowest BCUT2D eigenvalue weighted by Gasteiger charge is -2.15. The minimum atomic E-state index is -0.0440. The van der Waals surface area contributed by atoms with Crippen molar-refractivity contribution < 1.29 is 9.21 Å². The smallest absolute Gasteiger partial charge is 0.254 e. The fourth-order valence-corrected chi connectivity index (χ4v) is 1.80. The lowest BCUT2D eigenvalue weighted by Crippen LogP contribution is -2.40. The van der Waals surface area contributed by atoms with E-state index in [1.165, 1.54) is 25.4 Å². The Labute approximate surface area is 89.0 Å². The van der Waals surface area contributed by atoms with Crippen molar-refractivity contribution in [3.63, 3.8) is 0 Å². The van der Waals surface area contributed by atoms with E-state index in [0.717, 1.165) is 19.5 Å². The zero-order valence-corrected chi connectivity index (χ0v) is 8.66. The molecule has 4 heteroatoms. The lowest BCUT2D eigenvalue weighted by atomic mass is 10.1. The van der Waals surface area contributed by atoms with Crippen LogP contribution < -0.4 is 10.6 Å². The molecule has 2 rings (SSSR count). The summed E-state index contributed by atoms with van der Waals surface area (Å²) in [5.41, 5.74) is 0.597. The quantitative estimate of drug-likeness (QED) is 0.766. The van der Waals surface area contributed by atoms with Crippen LogP contribution in [-0.2, 0) is 0 Å². The molecule has 0 bridgehead atoms. The van der Waals surface area contributed by atoms with Crippen molar-refractivity contribution in [3.05, 3.63) is 24.2 Å². The van der Waals surface area contributed by atoms with E-state index in [4.69, 9.17) is 4.42 Å². The van der Waals surface area contributed by atoms with Gasteiger partial charge < -0.3 is 15.1 Å². The van der Waals surface area contributed by atoms with Crippen LogP contribution in [0.25, 0.3) is 0 Å². The fraction of sp³-hybridized carbons (Fsp3) is 0.545. The normalized spacial score (nSPS) is 22.0. The third kappa shape index (κ3) is 2.83. The molecular weight excluding hydrogens is 192 g/mol. The number of carbonyl (C=O) groups excluding carboxylic acids is 1. The summed E-state index contributed by atoms with van der Waals surface area (Å²) in [7, 11) is 0. The van der Waals surface area contributed by atoms with Gasteiger partial charge in [0.05, 0.1) is 11.8 Å². The molecule has 0 radical (unpaired) electrons. The highest BCUT2D eigenvalue weighted by molar-refractivity contribution is 5.93. The van der Waals surface area contributed by atoms with Crippen molar-refractivity contribution in [2.75, 3.05) is 13.1 Å². The highest BCUT2D eigenvalue weighted by Crippen LogP contribution is 2.06. The number of nitrogens with one attached hydrogen (secondary N) is 2. The van der Waals surface area contributed by atoms with Crippen LogP contribution in [0.5, 0.6) is 0 Å². The molecule has 15 heavy (non-hydrogen) atoms. The molecule has 4 nitrogen and oxygen atoms in total. The van der Waals surface area contributed by atoms with Crippen molar-refractivity contribution in [3.8, 4) is 0 Å². The molecule has 1 aliphatic heterocycles. The van der Waals surface area contributed by atoms with Gasteiger partial charge in [-0.3, -0.25) is 4.79 Å². The second-order valence-corrected chi connectivity index (χ2v) is 3.88. The zero-order chi connectivity index (χ0) is 10.5. The van der Waals surface area contributed by atoms with Gasteiger partial charge >= 0.3 is 0 Å². The minimum absolute atomic E-state index is 0.0440. The van der Waals surface area contributed by atoms with Gasteiger partial charge in [-0.2, -0.15) is 0 Å². The van der Waals surface area contributed by atoms with Crippen molar-refractivity contribution in [2.45, 2.75) is 25.3 Å². The van der Waals surface area contributed by atoms with Gasteiger partial charge in [-0.1, -0.05) is 6.42 Å². The van der Waals surface area contributed by atoms with E-state index in [2.05, 4.69) is 10.6 Å². The maximum Gasteiger partial charge on any atom is 0.254 e. The zero-order valence-electron chi connectivity index (χ0n) is 8.66. The van der Waals surface area contributed by atoms with Crippen molar-refractivity contribution in [1.82, 2.24) is 10.6 Å². The summed E-state index contributed by atoms with van der Waals surface area (Å²) in [6.45, 7) is 1.92. The van der Waals surface area contributed by atoms with Gasteiger partial charge in [0.15, 0.2) is 0 Å². The Kier molecular flexibility index (Phi) is 3.40. The molecule has 2 heterocycles. The monoisotopic (exact) mass is 208 g/mol. The summed E-state index contributed by atoms with van der Waals surface area (Å²) in [5, 5.41) is 6.31. The van der Waals surface area contributed by atoms with Crippen LogP contribution in [-0.4, -0.2) is 25.0 Å². The van der Waals surface area contributed by atoms with Crippen LogP contribution in [0.15, 0.2) is 23.0 Å². The van der Waals surface area contributed by atoms with E-state index < -0.39 is 0 Å². The van der Waals surface area contributed by atoms with Crippen LogP contribution >= 0.6 is 0 Å². The third-order valence-electron chi connectivity index (χ3n) is 2.67. The summed E-state index contributed by atoms with van der Waals surface area (Å²) >= 11 is 0. The maximum absolute atomic E-state index is 11.7. The Bertz CT molecular complexity index is 300. The molecule has 1 saturated heterocycles. The first kappa shape index (κ1) is 10.2. The molecule has 82 valence electrons. The van der Waals surface area contributed by atoms with E-state index in [-0.39, 0.29) is 11.9 Å². The van der Waals surface area contributed by atoms with E-state index in [9.17, 15) is 4.79 Å². The Hall–Kier alpha value is -1.29. The highest BCUT2D eigenvalue weighted by atomic mass is 16.3. The van der Waals surface area contributed by atoms with Crippen LogP contribution in [0, 0.1) is 0 Å². The Morgan fingerprint density at radius 2 is 2.47 bits per heavy atom. The van der Waals surface area contributed by atoms with Gasteiger partial charge in [0, 0.05) is 12.6 Å². The predicted molar refractivity (Wildman–Crippen MR) is 56.7 cm³/mol. The van der Waals surface area contributed by atoms with Crippen LogP contribution in [0.3, 0.4) is 0 Å². The molecule has 1 amide bonds. The number of carbonyl (C=O) groups is 1. The summed E-state index contributed by atoms with van der Waals surface area (Å²) < 4.78 is 4.87. The maximum atomic E-state index is 11.7. The Morgan fingerprint density at radius 3 is 3.27 bits per heavy atom. The molecular formula is C11H16N2O2. The topological polar surface area (TPSA) is 54.3 Å². The average molecular weight is 208 g/mol. The molecule has 2 N–H and O–H groups in total. The lowest BCUT2D eigenvalue weighted by molar-refractivity contribution is 0.0935. The SMILES string of the molecule is O=C(NC1CCCCNC1)c1ccoc1. The molecule has 0 aliphatic carbocycles. The largest absolute Gasteiger partial charge is 0.472 e. The van der Waals surface area contributed by atoms with Gasteiger partial charge in [-0.25, -0.2) is 0 Å². The van der Waals surface area contributed by atoms with Crippen LogP contribution in [0.4, 0.5) is 0 Å². The predicted octanol–water partition coefficient (Wildman–Crippen LogP) is 1.15. The molecule has 1 aromatic heterocycles. The van der Waals surface area contributed by atoms with Crippen molar-refractivity contribution >= 4 is 5.91 Å². The first-order valence-electron chi connectivity index (χ1n) is 5.40. The van der Waals surface area contributed by atoms with E-state index >= 15 is 0 Å². The summed E-state index contributed by atoms with van der Waals surface area (Å²) in [4.78, 5) is 11.7. The standard InChI is InChI=1S/C11H16N2O2/c14-11(9-4-6-15-8-9)13-10-3-1-2-5-12-7-10/h4,6,8,10,12H,1-3,5,7H2,(H,13,14). The molecule has 0 spiro atoms. The second kappa shape index (κ2) is 4.98. The third-order valence-corrected chi connectivity index (χ3v) is 2.67. The molecule has 1 fully saturated rings. The van der Waals surface area contributed by atoms with Gasteiger partial charge in [0.25, 0.3) is 5.91 Å². The van der Waals surface area contributed by atoms with Crippen molar-refractivity contribution in [1.29, 1.82) is 0 Å². The molecule has 0 aromatic carbocycles. The van der Waals surface area contributed by atoms with Gasteiger partial charge in [0.1, 0.15) is 6.26 Å². The minimum Gasteiger partial charge on any atom is -0.472 e. The molecule has 1 atom stereocenters. The summed E-state index contributed by atoms with van der Waals surface area (Å²) in [5.74, 6) is -0.0440. The molecule has 1 aromatic rings. The van der Waals surface area contributed by atoms with E-state index in [1.54, 1.807) is 6.07 Å².